The lowest BCUT2D eigenvalue weighted by atomic mass is 9.94. The number of aryl methyl sites for hydroxylation is 1. The van der Waals surface area contributed by atoms with E-state index in [0.29, 0.717) is 5.56 Å². The minimum Gasteiger partial charge on any atom is -0.453 e. The second-order valence-electron chi connectivity index (χ2n) is 24.0. The summed E-state index contributed by atoms with van der Waals surface area (Å²) in [6.07, 6.45) is -9.47. The maximum Gasteiger partial charge on any atom is 0.338 e. The van der Waals surface area contributed by atoms with Gasteiger partial charge in [-0.3, -0.25) is 4.79 Å². The van der Waals surface area contributed by atoms with E-state index in [0.717, 1.165) is 48.3 Å². The van der Waals surface area contributed by atoms with Crippen molar-refractivity contribution in [1.29, 1.82) is 0 Å². The van der Waals surface area contributed by atoms with Crippen LogP contribution < -0.4 is 15.7 Å². The summed E-state index contributed by atoms with van der Waals surface area (Å²) in [5, 5.41) is 6.80. The number of hydrogen-bond donors (Lipinski definition) is 1. The summed E-state index contributed by atoms with van der Waals surface area (Å²) in [7, 11) is -3.36. The first-order valence-corrected chi connectivity index (χ1v) is 33.7. The molecule has 10 atom stereocenters. The fraction of sp³-hybridized carbons (Fsp3) is 0.276. The van der Waals surface area contributed by atoms with Crippen LogP contribution in [-0.4, -0.2) is 99.9 Å². The van der Waals surface area contributed by atoms with Crippen molar-refractivity contribution in [3.05, 3.63) is 282 Å². The van der Waals surface area contributed by atoms with Gasteiger partial charge in [-0.2, -0.15) is 0 Å². The van der Waals surface area contributed by atoms with Crippen LogP contribution in [0.3, 0.4) is 0 Å². The molecule has 2 aliphatic heterocycles. The minimum atomic E-state index is -3.36. The molecule has 2 heterocycles. The third kappa shape index (κ3) is 16.0. The van der Waals surface area contributed by atoms with Crippen molar-refractivity contribution < 1.29 is 56.7 Å². The quantitative estimate of drug-likeness (QED) is 0.0453. The lowest BCUT2D eigenvalue weighted by Crippen LogP contribution is -2.70. The maximum atomic E-state index is 14.8. The summed E-state index contributed by atoms with van der Waals surface area (Å²) >= 11 is 1.40. The van der Waals surface area contributed by atoms with Gasteiger partial charge in [-0.05, 0) is 92.3 Å². The monoisotopic (exact) mass is 1260 g/mol. The van der Waals surface area contributed by atoms with Crippen LogP contribution >= 0.6 is 11.8 Å². The first kappa shape index (κ1) is 64.5. The molecule has 0 aliphatic carbocycles. The van der Waals surface area contributed by atoms with E-state index in [-0.39, 0.29) is 38.6 Å². The van der Waals surface area contributed by atoms with Crippen LogP contribution in [0, 0.1) is 6.92 Å². The van der Waals surface area contributed by atoms with Crippen LogP contribution in [0.4, 0.5) is 0 Å². The molecule has 91 heavy (non-hydrogen) atoms. The largest absolute Gasteiger partial charge is 0.453 e. The topological polar surface area (TPSA) is 146 Å². The minimum absolute atomic E-state index is 0.0492. The summed E-state index contributed by atoms with van der Waals surface area (Å²) in [5.74, 6) is -1.75. The number of nitrogens with one attached hydrogen (secondary N) is 1. The number of thioether (sulfide) groups is 1. The molecule has 13 nitrogen and oxygen atoms in total. The van der Waals surface area contributed by atoms with Gasteiger partial charge in [-0.1, -0.05) is 244 Å². The van der Waals surface area contributed by atoms with Gasteiger partial charge < -0.3 is 47.6 Å². The number of ether oxygens (including phenoxy) is 8. The molecule has 15 heteroatoms. The van der Waals surface area contributed by atoms with Crippen molar-refractivity contribution in [3.8, 4) is 0 Å². The zero-order valence-electron chi connectivity index (χ0n) is 51.8. The van der Waals surface area contributed by atoms with Crippen molar-refractivity contribution in [1.82, 2.24) is 5.32 Å². The third-order valence-electron chi connectivity index (χ3n) is 16.5. The summed E-state index contributed by atoms with van der Waals surface area (Å²) in [5.41, 5.74) is 3.32. The fourth-order valence-corrected chi connectivity index (χ4v) is 17.7. The van der Waals surface area contributed by atoms with Gasteiger partial charge in [0.25, 0.3) is 8.32 Å². The van der Waals surface area contributed by atoms with E-state index in [1.54, 1.807) is 48.5 Å². The highest BCUT2D eigenvalue weighted by Gasteiger charge is 2.57. The van der Waals surface area contributed by atoms with Crippen molar-refractivity contribution >= 4 is 59.1 Å². The van der Waals surface area contributed by atoms with Crippen LogP contribution in [0.25, 0.3) is 10.8 Å². The molecule has 468 valence electrons. The van der Waals surface area contributed by atoms with Gasteiger partial charge in [0.1, 0.15) is 42.0 Å². The molecule has 2 aliphatic rings. The molecule has 2 saturated heterocycles. The maximum absolute atomic E-state index is 14.8. The first-order valence-electron chi connectivity index (χ1n) is 30.9. The Hall–Kier alpha value is -8.06. The summed E-state index contributed by atoms with van der Waals surface area (Å²) < 4.78 is 64.8. The van der Waals surface area contributed by atoms with E-state index in [1.165, 1.54) is 18.7 Å². The molecule has 11 rings (SSSR count). The highest BCUT2D eigenvalue weighted by atomic mass is 32.2. The molecule has 2 fully saturated rings. The summed E-state index contributed by atoms with van der Waals surface area (Å²) in [4.78, 5) is 44.5. The van der Waals surface area contributed by atoms with E-state index in [2.05, 4.69) is 56.4 Å². The van der Waals surface area contributed by atoms with Crippen molar-refractivity contribution in [2.75, 3.05) is 13.2 Å². The second-order valence-corrected chi connectivity index (χ2v) is 29.5. The molecule has 9 aromatic carbocycles. The van der Waals surface area contributed by atoms with Crippen molar-refractivity contribution in [2.45, 2.75) is 125 Å². The average Bonchev–Trinajstić information content (AvgIpc) is 0.872. The smallest absolute Gasteiger partial charge is 0.338 e. The normalized spacial score (nSPS) is 21.8. The molecular formula is C76H77NO12SSi. The van der Waals surface area contributed by atoms with Crippen LogP contribution in [0.1, 0.15) is 70.7 Å². The molecule has 0 unspecified atom stereocenters. The lowest BCUT2D eigenvalue weighted by Gasteiger charge is -2.51. The molecular weight excluding hydrogens is 1180 g/mol. The predicted molar refractivity (Wildman–Crippen MR) is 355 cm³/mol. The molecule has 0 saturated carbocycles. The summed E-state index contributed by atoms with van der Waals surface area (Å²) in [6.45, 7) is 10.2. The molecule has 1 N–H and O–H groups in total. The van der Waals surface area contributed by atoms with Gasteiger partial charge in [0.05, 0.1) is 44.2 Å². The zero-order chi connectivity index (χ0) is 63.2. The highest BCUT2D eigenvalue weighted by Crippen LogP contribution is 2.43. The fourth-order valence-electron chi connectivity index (χ4n) is 12.0. The standard InChI is InChI=1S/C76H77NO12SSi/c1-52-40-44-61(45-41-52)90-75-71(88-73(80)59-33-18-9-19-34-59)70(83-48-55-28-14-7-15-29-55)68(65(86-75)51-84-91(76(3,4)5,62-36-20-10-21-37-62)63-38-22-11-23-39-63)89-74-66(77-53(2)78)69(87-72(79)58-31-16-8-17-32-58)67(64(85-74)50-81-47-54-26-12-6-13-27-54)82-49-56-42-43-57-30-24-25-35-60(57)46-56/h6-46,64-71,74-75H,47-51H2,1-5H3,(H,77,78)/t64-,65-,66-,67-,68-,69-,70+,71-,74-,75+/m1/s1. The van der Waals surface area contributed by atoms with E-state index in [1.807, 2.05) is 177 Å². The van der Waals surface area contributed by atoms with Gasteiger partial charge in [-0.25, -0.2) is 9.59 Å². The Kier molecular flexibility index (Phi) is 21.5. The van der Waals surface area contributed by atoms with E-state index in [9.17, 15) is 14.4 Å². The van der Waals surface area contributed by atoms with Gasteiger partial charge >= 0.3 is 11.9 Å². The Labute approximate surface area is 538 Å². The van der Waals surface area contributed by atoms with E-state index < -0.39 is 91.7 Å². The molecule has 1 amide bonds. The Balaban J connectivity index is 1.07. The van der Waals surface area contributed by atoms with Crippen LogP contribution in [0.15, 0.2) is 254 Å². The molecule has 0 spiro atoms. The number of rotatable bonds is 24. The SMILES string of the molecule is CC(=O)N[C@H]1[C@@H](O[C@H]2[C@H](OCc3ccccc3)[C@@H](OC(=O)c3ccccc3)[C@H](Sc3ccc(C)cc3)O[C@@H]2CO[Si](c2ccccc2)(c2ccccc2)C(C)(C)C)O[C@H](COCc2ccccc2)[C@@H](OCc2ccc3ccccc3c2)[C@@H]1OC(=O)c1ccccc1. The van der Waals surface area contributed by atoms with Gasteiger partial charge in [0.15, 0.2) is 18.5 Å². The van der Waals surface area contributed by atoms with Crippen LogP contribution in [0.5, 0.6) is 0 Å². The van der Waals surface area contributed by atoms with E-state index >= 15 is 0 Å². The van der Waals surface area contributed by atoms with Crippen molar-refractivity contribution in [3.63, 3.8) is 0 Å². The Morgan fingerprint density at radius 2 is 0.989 bits per heavy atom. The van der Waals surface area contributed by atoms with Gasteiger partial charge in [-0.15, -0.1) is 0 Å². The van der Waals surface area contributed by atoms with Gasteiger partial charge in [0, 0.05) is 11.8 Å². The predicted octanol–water partition coefficient (Wildman–Crippen LogP) is 13.0. The first-order chi connectivity index (χ1) is 44.3. The van der Waals surface area contributed by atoms with E-state index in [4.69, 9.17) is 42.3 Å². The zero-order valence-corrected chi connectivity index (χ0v) is 53.6. The number of hydrogen-bond acceptors (Lipinski definition) is 13. The lowest BCUT2D eigenvalue weighted by molar-refractivity contribution is -0.326. The Morgan fingerprint density at radius 1 is 0.495 bits per heavy atom. The van der Waals surface area contributed by atoms with Crippen LogP contribution in [-0.2, 0) is 66.9 Å². The number of fused-ring (bicyclic) bond motifs is 1. The number of amides is 1. The Bertz CT molecular complexity index is 3740. The number of benzene rings is 9. The second kappa shape index (κ2) is 30.4. The average molecular weight is 1260 g/mol. The third-order valence-corrected chi connectivity index (χ3v) is 22.7. The molecule has 0 radical (unpaired) electrons. The molecule has 0 aromatic heterocycles. The Morgan fingerprint density at radius 3 is 1.56 bits per heavy atom. The highest BCUT2D eigenvalue weighted by molar-refractivity contribution is 7.99. The molecule has 0 bridgehead atoms. The summed E-state index contributed by atoms with van der Waals surface area (Å²) in [6, 6.07) is 78.6. The number of carbonyl (C=O) groups excluding carboxylic acids is 3. The van der Waals surface area contributed by atoms with Crippen LogP contribution in [0.2, 0.25) is 5.04 Å². The van der Waals surface area contributed by atoms with Gasteiger partial charge in [0.2, 0.25) is 5.91 Å². The van der Waals surface area contributed by atoms with Crippen molar-refractivity contribution in [2.24, 2.45) is 0 Å². The number of esters is 2. The molecule has 9 aromatic rings. The number of carbonyl (C=O) groups is 3.